The number of ether oxygens (including phenoxy) is 1. The molecule has 0 saturated carbocycles. The second-order valence-electron chi connectivity index (χ2n) is 6.63. The number of nitrogens with zero attached hydrogens (tertiary/aromatic N) is 1. The van der Waals surface area contributed by atoms with Crippen LogP contribution in [0.2, 0.25) is 0 Å². The maximum atomic E-state index is 12.2. The van der Waals surface area contributed by atoms with Crippen molar-refractivity contribution in [3.8, 4) is 0 Å². The first-order valence-electron chi connectivity index (χ1n) is 8.37. The number of allylic oxidation sites excluding steroid dienone is 2. The summed E-state index contributed by atoms with van der Waals surface area (Å²) in [7, 11) is 0. The highest BCUT2D eigenvalue weighted by molar-refractivity contribution is 9.10. The second-order valence-corrected chi connectivity index (χ2v) is 7.55. The van der Waals surface area contributed by atoms with Crippen LogP contribution in [0.1, 0.15) is 26.3 Å². The molecule has 1 aromatic rings. The fourth-order valence-electron chi connectivity index (χ4n) is 2.84. The van der Waals surface area contributed by atoms with Crippen molar-refractivity contribution < 1.29 is 14.3 Å². The van der Waals surface area contributed by atoms with Crippen LogP contribution in [0.3, 0.4) is 0 Å². The maximum Gasteiger partial charge on any atom is 0.230 e. The number of ketones is 1. The molecule has 1 aromatic carbocycles. The third kappa shape index (κ3) is 4.67. The molecule has 0 bridgehead atoms. The summed E-state index contributed by atoms with van der Waals surface area (Å²) in [4.78, 5) is 25.1. The molecule has 0 N–H and O–H groups in total. The molecule has 1 amide bonds. The number of aryl methyl sites for hydroxylation is 1. The van der Waals surface area contributed by atoms with Crippen LogP contribution in [0, 0.1) is 12.8 Å². The highest BCUT2D eigenvalue weighted by atomic mass is 79.9. The van der Waals surface area contributed by atoms with E-state index in [0.29, 0.717) is 6.61 Å². The van der Waals surface area contributed by atoms with Crippen LogP contribution in [0.25, 0.3) is 0 Å². The summed E-state index contributed by atoms with van der Waals surface area (Å²) >= 11 is 3.36. The molecule has 1 aliphatic carbocycles. The summed E-state index contributed by atoms with van der Waals surface area (Å²) in [5.74, 6) is -0.147. The first-order valence-corrected chi connectivity index (χ1v) is 9.16. The van der Waals surface area contributed by atoms with E-state index in [4.69, 9.17) is 4.74 Å². The SMILES string of the molecule is CC1COC2(C=CC(=O)C=C2)N(C(C)C)C1=O.Cc1cccc(Br)c1. The molecule has 3 rings (SSSR count). The summed E-state index contributed by atoms with van der Waals surface area (Å²) in [5, 5.41) is 0. The maximum absolute atomic E-state index is 12.2. The zero-order chi connectivity index (χ0) is 18.6. The molecule has 1 saturated heterocycles. The van der Waals surface area contributed by atoms with Crippen molar-refractivity contribution in [2.75, 3.05) is 6.61 Å². The standard InChI is InChI=1S/C13H17NO3.C7H7Br/c1-9(2)14-12(16)10(3)8-17-13(14)6-4-11(15)5-7-13;1-6-3-2-4-7(8)5-6/h4-7,9-10H,8H2,1-3H3;2-5H,1H3. The molecule has 25 heavy (non-hydrogen) atoms. The van der Waals surface area contributed by atoms with Crippen LogP contribution in [-0.4, -0.2) is 35.0 Å². The molecule has 0 aromatic heterocycles. The summed E-state index contributed by atoms with van der Waals surface area (Å²) < 4.78 is 6.94. The van der Waals surface area contributed by atoms with Crippen LogP contribution in [0.5, 0.6) is 0 Å². The van der Waals surface area contributed by atoms with Crippen molar-refractivity contribution in [1.29, 1.82) is 0 Å². The van der Waals surface area contributed by atoms with Gasteiger partial charge in [-0.2, -0.15) is 0 Å². The lowest BCUT2D eigenvalue weighted by Crippen LogP contribution is -2.61. The van der Waals surface area contributed by atoms with Crippen molar-refractivity contribution in [3.05, 3.63) is 58.6 Å². The highest BCUT2D eigenvalue weighted by Gasteiger charge is 2.45. The Morgan fingerprint density at radius 2 is 1.88 bits per heavy atom. The molecule has 0 radical (unpaired) electrons. The van der Waals surface area contributed by atoms with Gasteiger partial charge in [0.25, 0.3) is 0 Å². The lowest BCUT2D eigenvalue weighted by atomic mass is 9.97. The van der Waals surface area contributed by atoms with E-state index in [1.54, 1.807) is 17.1 Å². The van der Waals surface area contributed by atoms with Gasteiger partial charge in [-0.1, -0.05) is 40.5 Å². The normalized spacial score (nSPS) is 21.5. The van der Waals surface area contributed by atoms with E-state index in [1.165, 1.54) is 17.7 Å². The smallest absolute Gasteiger partial charge is 0.230 e. The summed E-state index contributed by atoms with van der Waals surface area (Å²) in [5.41, 5.74) is 0.422. The zero-order valence-corrected chi connectivity index (χ0v) is 16.6. The monoisotopic (exact) mass is 405 g/mol. The van der Waals surface area contributed by atoms with E-state index in [0.717, 1.165) is 4.47 Å². The third-order valence-electron chi connectivity index (χ3n) is 4.07. The van der Waals surface area contributed by atoms with Crippen molar-refractivity contribution >= 4 is 27.6 Å². The van der Waals surface area contributed by atoms with Gasteiger partial charge in [0.05, 0.1) is 12.5 Å². The topological polar surface area (TPSA) is 46.6 Å². The Labute approximate surface area is 157 Å². The molecular weight excluding hydrogens is 382 g/mol. The Morgan fingerprint density at radius 1 is 1.24 bits per heavy atom. The summed E-state index contributed by atoms with van der Waals surface area (Å²) in [6, 6.07) is 8.23. The van der Waals surface area contributed by atoms with E-state index in [-0.39, 0.29) is 23.7 Å². The molecule has 2 aliphatic rings. The van der Waals surface area contributed by atoms with Gasteiger partial charge < -0.3 is 9.64 Å². The van der Waals surface area contributed by atoms with E-state index in [1.807, 2.05) is 32.9 Å². The minimum atomic E-state index is -0.869. The Kier molecular flexibility index (Phi) is 6.36. The third-order valence-corrected chi connectivity index (χ3v) is 4.56. The lowest BCUT2D eigenvalue weighted by molar-refractivity contribution is -0.184. The average Bonchev–Trinajstić information content (AvgIpc) is 2.54. The number of carbonyl (C=O) groups is 2. The Balaban J connectivity index is 0.000000236. The van der Waals surface area contributed by atoms with Crippen LogP contribution >= 0.6 is 15.9 Å². The number of rotatable bonds is 1. The van der Waals surface area contributed by atoms with Crippen molar-refractivity contribution in [2.24, 2.45) is 5.92 Å². The number of hydrogen-bond acceptors (Lipinski definition) is 3. The van der Waals surface area contributed by atoms with Gasteiger partial charge in [0.1, 0.15) is 0 Å². The molecular formula is C20H24BrNO3. The average molecular weight is 406 g/mol. The van der Waals surface area contributed by atoms with Gasteiger partial charge in [-0.3, -0.25) is 9.59 Å². The minimum absolute atomic E-state index is 0.0211. The Morgan fingerprint density at radius 3 is 2.36 bits per heavy atom. The Hall–Kier alpha value is -1.72. The predicted octanol–water partition coefficient (Wildman–Crippen LogP) is 4.04. The van der Waals surface area contributed by atoms with Crippen molar-refractivity contribution in [3.63, 3.8) is 0 Å². The minimum Gasteiger partial charge on any atom is -0.347 e. The number of hydrogen-bond donors (Lipinski definition) is 0. The molecule has 134 valence electrons. The van der Waals surface area contributed by atoms with E-state index in [9.17, 15) is 9.59 Å². The second kappa shape index (κ2) is 8.11. The molecule has 1 spiro atoms. The van der Waals surface area contributed by atoms with Crippen LogP contribution in [0.15, 0.2) is 53.0 Å². The molecule has 5 heteroatoms. The van der Waals surface area contributed by atoms with Crippen LogP contribution in [0.4, 0.5) is 0 Å². The predicted molar refractivity (Wildman–Crippen MR) is 102 cm³/mol. The fourth-order valence-corrected chi connectivity index (χ4v) is 3.36. The van der Waals surface area contributed by atoms with Gasteiger partial charge in [0, 0.05) is 10.5 Å². The van der Waals surface area contributed by atoms with Gasteiger partial charge in [0.15, 0.2) is 11.5 Å². The van der Waals surface area contributed by atoms with Gasteiger partial charge >= 0.3 is 0 Å². The van der Waals surface area contributed by atoms with E-state index in [2.05, 4.69) is 35.0 Å². The van der Waals surface area contributed by atoms with E-state index < -0.39 is 5.72 Å². The van der Waals surface area contributed by atoms with Gasteiger partial charge in [-0.25, -0.2) is 0 Å². The largest absolute Gasteiger partial charge is 0.347 e. The lowest BCUT2D eigenvalue weighted by Gasteiger charge is -2.47. The van der Waals surface area contributed by atoms with E-state index >= 15 is 0 Å². The van der Waals surface area contributed by atoms with Gasteiger partial charge in [0.2, 0.25) is 5.91 Å². The number of carbonyl (C=O) groups excluding carboxylic acids is 2. The first kappa shape index (κ1) is 19.6. The number of amides is 1. The van der Waals surface area contributed by atoms with Crippen LogP contribution in [-0.2, 0) is 14.3 Å². The zero-order valence-electron chi connectivity index (χ0n) is 15.0. The van der Waals surface area contributed by atoms with Gasteiger partial charge in [-0.15, -0.1) is 0 Å². The number of benzene rings is 1. The van der Waals surface area contributed by atoms with Crippen molar-refractivity contribution in [1.82, 2.24) is 4.90 Å². The molecule has 1 unspecified atom stereocenters. The van der Waals surface area contributed by atoms with Crippen molar-refractivity contribution in [2.45, 2.75) is 39.5 Å². The molecule has 1 fully saturated rings. The van der Waals surface area contributed by atoms with Gasteiger partial charge in [-0.05, 0) is 57.2 Å². The summed E-state index contributed by atoms with van der Waals surface area (Å²) in [6.45, 7) is 8.19. The first-order chi connectivity index (χ1) is 11.7. The molecule has 1 heterocycles. The fraction of sp³-hybridized carbons (Fsp3) is 0.400. The molecule has 1 atom stereocenters. The summed E-state index contributed by atoms with van der Waals surface area (Å²) in [6.07, 6.45) is 6.25. The number of halogens is 1. The molecule has 1 aliphatic heterocycles. The quantitative estimate of drug-likeness (QED) is 0.707. The molecule has 4 nitrogen and oxygen atoms in total. The Bertz CT molecular complexity index is 675. The van der Waals surface area contributed by atoms with Crippen LogP contribution < -0.4 is 0 Å². The highest BCUT2D eigenvalue weighted by Crippen LogP contribution is 2.32.